The lowest BCUT2D eigenvalue weighted by atomic mass is 10.1. The van der Waals surface area contributed by atoms with E-state index in [0.29, 0.717) is 6.04 Å². The van der Waals surface area contributed by atoms with Gasteiger partial charge in [0, 0.05) is 43.1 Å². The van der Waals surface area contributed by atoms with E-state index in [4.69, 9.17) is 11.6 Å². The molecule has 0 radical (unpaired) electrons. The van der Waals surface area contributed by atoms with Crippen molar-refractivity contribution in [3.8, 4) is 0 Å². The summed E-state index contributed by atoms with van der Waals surface area (Å²) in [4.78, 5) is 9.26. The minimum atomic E-state index is 0. The van der Waals surface area contributed by atoms with Crippen molar-refractivity contribution in [1.29, 1.82) is 0 Å². The molecular formula is C20H27Cl2N3. The normalized spacial score (nSPS) is 17.6. The van der Waals surface area contributed by atoms with Crippen LogP contribution >= 0.6 is 24.0 Å². The second kappa shape index (κ2) is 10.1. The van der Waals surface area contributed by atoms with Crippen LogP contribution in [0.4, 0.5) is 0 Å². The van der Waals surface area contributed by atoms with Crippen LogP contribution in [0.1, 0.15) is 30.9 Å². The van der Waals surface area contributed by atoms with Crippen LogP contribution in [0, 0.1) is 0 Å². The monoisotopic (exact) mass is 379 g/mol. The molecule has 1 aromatic carbocycles. The van der Waals surface area contributed by atoms with Crippen LogP contribution in [0.3, 0.4) is 0 Å². The maximum Gasteiger partial charge on any atom is 0.0451 e. The highest BCUT2D eigenvalue weighted by Gasteiger charge is 2.25. The topological polar surface area (TPSA) is 19.4 Å². The molecule has 1 aliphatic rings. The van der Waals surface area contributed by atoms with Crippen LogP contribution in [0.2, 0.25) is 5.02 Å². The Hall–Kier alpha value is -1.13. The predicted molar refractivity (Wildman–Crippen MR) is 107 cm³/mol. The number of benzene rings is 1. The van der Waals surface area contributed by atoms with E-state index in [1.54, 1.807) is 0 Å². The summed E-state index contributed by atoms with van der Waals surface area (Å²) in [6.07, 6.45) is 6.35. The van der Waals surface area contributed by atoms with Gasteiger partial charge in [0.15, 0.2) is 0 Å². The quantitative estimate of drug-likeness (QED) is 0.698. The van der Waals surface area contributed by atoms with Gasteiger partial charge in [0.2, 0.25) is 0 Å². The van der Waals surface area contributed by atoms with E-state index in [9.17, 15) is 0 Å². The van der Waals surface area contributed by atoms with Gasteiger partial charge in [-0.25, -0.2) is 0 Å². The molecular weight excluding hydrogens is 353 g/mol. The summed E-state index contributed by atoms with van der Waals surface area (Å²) >= 11 is 6.40. The summed E-state index contributed by atoms with van der Waals surface area (Å²) in [5.74, 6) is 0. The van der Waals surface area contributed by atoms with Crippen LogP contribution in [0.15, 0.2) is 48.8 Å². The number of halogens is 2. The number of likely N-dealkylation sites (N-methyl/N-ethyl adjacent to an activating group) is 1. The van der Waals surface area contributed by atoms with Gasteiger partial charge in [0.25, 0.3) is 0 Å². The Balaban J connectivity index is 0.00000225. The first-order chi connectivity index (χ1) is 11.8. The second-order valence-electron chi connectivity index (χ2n) is 6.54. The average Bonchev–Trinajstić information content (AvgIpc) is 3.05. The van der Waals surface area contributed by atoms with Crippen LogP contribution in [0.25, 0.3) is 0 Å². The second-order valence-corrected chi connectivity index (χ2v) is 6.95. The highest BCUT2D eigenvalue weighted by Crippen LogP contribution is 2.22. The third-order valence-corrected chi connectivity index (χ3v) is 5.25. The Bertz CT molecular complexity index is 636. The fraction of sp³-hybridized carbons (Fsp3) is 0.450. The molecule has 1 fully saturated rings. The summed E-state index contributed by atoms with van der Waals surface area (Å²) in [5, 5.41) is 0.857. The Kier molecular flexibility index (Phi) is 8.17. The lowest BCUT2D eigenvalue weighted by Crippen LogP contribution is -2.39. The minimum absolute atomic E-state index is 0. The van der Waals surface area contributed by atoms with Gasteiger partial charge in [0.1, 0.15) is 0 Å². The largest absolute Gasteiger partial charge is 0.299 e. The van der Waals surface area contributed by atoms with Gasteiger partial charge >= 0.3 is 0 Å². The first-order valence-electron chi connectivity index (χ1n) is 8.85. The van der Waals surface area contributed by atoms with Crippen LogP contribution in [0.5, 0.6) is 0 Å². The number of pyridine rings is 1. The predicted octanol–water partition coefficient (Wildman–Crippen LogP) is 4.64. The average molecular weight is 380 g/mol. The Morgan fingerprint density at radius 3 is 2.64 bits per heavy atom. The highest BCUT2D eigenvalue weighted by atomic mass is 35.5. The molecule has 0 N–H and O–H groups in total. The van der Waals surface area contributed by atoms with E-state index >= 15 is 0 Å². The number of hydrogen-bond acceptors (Lipinski definition) is 3. The van der Waals surface area contributed by atoms with E-state index in [2.05, 4.69) is 46.0 Å². The third kappa shape index (κ3) is 5.68. The van der Waals surface area contributed by atoms with Crippen molar-refractivity contribution in [2.75, 3.05) is 19.6 Å². The van der Waals surface area contributed by atoms with Crippen molar-refractivity contribution in [2.24, 2.45) is 0 Å². The van der Waals surface area contributed by atoms with Gasteiger partial charge in [-0.2, -0.15) is 0 Å². The van der Waals surface area contributed by atoms with Crippen molar-refractivity contribution in [1.82, 2.24) is 14.8 Å². The molecule has 2 aromatic rings. The Morgan fingerprint density at radius 1 is 1.16 bits per heavy atom. The van der Waals surface area contributed by atoms with Crippen LogP contribution < -0.4 is 0 Å². The van der Waals surface area contributed by atoms with E-state index < -0.39 is 0 Å². The lowest BCUT2D eigenvalue weighted by Gasteiger charge is -2.30. The zero-order chi connectivity index (χ0) is 16.8. The smallest absolute Gasteiger partial charge is 0.0451 e. The van der Waals surface area contributed by atoms with Crippen molar-refractivity contribution in [3.63, 3.8) is 0 Å². The zero-order valence-corrected chi connectivity index (χ0v) is 16.3. The Labute approximate surface area is 162 Å². The number of hydrogen-bond donors (Lipinski definition) is 0. The first kappa shape index (κ1) is 20.2. The SMILES string of the molecule is CCN1CCCC1CN(Cc1ccncc1)Cc1ccccc1Cl.Cl. The zero-order valence-electron chi connectivity index (χ0n) is 14.8. The molecule has 1 aromatic heterocycles. The van der Waals surface area contributed by atoms with Gasteiger partial charge in [-0.3, -0.25) is 14.8 Å². The van der Waals surface area contributed by atoms with E-state index in [0.717, 1.165) is 31.2 Å². The fourth-order valence-electron chi connectivity index (χ4n) is 3.62. The molecule has 1 atom stereocenters. The number of nitrogens with zero attached hydrogens (tertiary/aromatic N) is 3. The molecule has 1 aliphatic heterocycles. The van der Waals surface area contributed by atoms with Crippen molar-refractivity contribution < 1.29 is 0 Å². The van der Waals surface area contributed by atoms with Crippen LogP contribution in [-0.2, 0) is 13.1 Å². The number of rotatable bonds is 7. The molecule has 0 amide bonds. The molecule has 2 heterocycles. The molecule has 3 rings (SSSR count). The molecule has 5 heteroatoms. The van der Waals surface area contributed by atoms with Crippen LogP contribution in [-0.4, -0.2) is 40.5 Å². The molecule has 1 unspecified atom stereocenters. The van der Waals surface area contributed by atoms with Crippen molar-refractivity contribution >= 4 is 24.0 Å². The number of aromatic nitrogens is 1. The molecule has 0 saturated carbocycles. The van der Waals surface area contributed by atoms with E-state index in [-0.39, 0.29) is 12.4 Å². The molecule has 25 heavy (non-hydrogen) atoms. The lowest BCUT2D eigenvalue weighted by molar-refractivity contribution is 0.166. The van der Waals surface area contributed by atoms with E-state index in [1.807, 2.05) is 24.5 Å². The summed E-state index contributed by atoms with van der Waals surface area (Å²) in [7, 11) is 0. The maximum atomic E-state index is 6.40. The highest BCUT2D eigenvalue weighted by molar-refractivity contribution is 6.31. The molecule has 136 valence electrons. The third-order valence-electron chi connectivity index (χ3n) is 4.88. The van der Waals surface area contributed by atoms with Gasteiger partial charge in [-0.1, -0.05) is 36.7 Å². The van der Waals surface area contributed by atoms with Crippen molar-refractivity contribution in [2.45, 2.75) is 38.9 Å². The van der Waals surface area contributed by atoms with Gasteiger partial charge in [-0.05, 0) is 55.3 Å². The molecule has 3 nitrogen and oxygen atoms in total. The molecule has 0 spiro atoms. The first-order valence-corrected chi connectivity index (χ1v) is 9.22. The minimum Gasteiger partial charge on any atom is -0.299 e. The summed E-state index contributed by atoms with van der Waals surface area (Å²) in [6, 6.07) is 13.0. The number of likely N-dealkylation sites (tertiary alicyclic amines) is 1. The molecule has 0 aliphatic carbocycles. The van der Waals surface area contributed by atoms with Gasteiger partial charge < -0.3 is 0 Å². The Morgan fingerprint density at radius 2 is 1.92 bits per heavy atom. The van der Waals surface area contributed by atoms with Gasteiger partial charge in [0.05, 0.1) is 0 Å². The summed E-state index contributed by atoms with van der Waals surface area (Å²) in [5.41, 5.74) is 2.51. The summed E-state index contributed by atoms with van der Waals surface area (Å²) < 4.78 is 0. The van der Waals surface area contributed by atoms with Crippen molar-refractivity contribution in [3.05, 3.63) is 64.9 Å². The fourth-order valence-corrected chi connectivity index (χ4v) is 3.81. The van der Waals surface area contributed by atoms with E-state index in [1.165, 1.54) is 30.5 Å². The maximum absolute atomic E-state index is 6.40. The summed E-state index contributed by atoms with van der Waals surface area (Å²) in [6.45, 7) is 7.54. The van der Waals surface area contributed by atoms with Gasteiger partial charge in [-0.15, -0.1) is 12.4 Å². The molecule has 0 bridgehead atoms. The molecule has 1 saturated heterocycles. The standard InChI is InChI=1S/C20H26ClN3.ClH/c1-2-24-13-5-7-19(24)16-23(14-17-9-11-22-12-10-17)15-18-6-3-4-8-20(18)21;/h3-4,6,8-12,19H,2,5,7,13-16H2,1H3;1H.